The smallest absolute Gasteiger partial charge is 0.265 e. The Balaban J connectivity index is 1.64. The third-order valence-electron chi connectivity index (χ3n) is 4.29. The van der Waals surface area contributed by atoms with Crippen LogP contribution in [0.2, 0.25) is 0 Å². The molecule has 128 valence electrons. The highest BCUT2D eigenvalue weighted by Crippen LogP contribution is 2.20. The van der Waals surface area contributed by atoms with Crippen molar-refractivity contribution in [2.24, 2.45) is 0 Å². The van der Waals surface area contributed by atoms with Gasteiger partial charge in [-0.25, -0.2) is 9.97 Å². The van der Waals surface area contributed by atoms with Crippen molar-refractivity contribution in [1.29, 1.82) is 0 Å². The largest absolute Gasteiger partial charge is 0.383 e. The normalized spacial score (nSPS) is 16.2. The van der Waals surface area contributed by atoms with Crippen LogP contribution in [0, 0.1) is 13.8 Å². The third-order valence-corrected chi connectivity index (χ3v) is 5.35. The predicted octanol–water partition coefficient (Wildman–Crippen LogP) is 2.09. The quantitative estimate of drug-likeness (QED) is 0.922. The fraction of sp³-hybridized carbons (Fsp3) is 0.471. The Morgan fingerprint density at radius 3 is 2.83 bits per heavy atom. The number of hydrogen-bond acceptors (Lipinski definition) is 6. The molecular weight excluding hydrogens is 322 g/mol. The Morgan fingerprint density at radius 2 is 2.12 bits per heavy atom. The highest BCUT2D eigenvalue weighted by molar-refractivity contribution is 7.13. The van der Waals surface area contributed by atoms with Crippen molar-refractivity contribution in [2.45, 2.75) is 26.8 Å². The number of aromatic nitrogens is 2. The van der Waals surface area contributed by atoms with Crippen molar-refractivity contribution in [1.82, 2.24) is 19.8 Å². The summed E-state index contributed by atoms with van der Waals surface area (Å²) in [5.41, 5.74) is 7.83. The standard InChI is InChI=1S/C17H23N5OS/c1-12-15(24-13(2)20-12)17(23)22-8-4-7-21(9-10-22)11-14-5-3-6-19-16(14)18/h3,5-6H,4,7-11H2,1-2H3,(H2,18,19). The minimum atomic E-state index is 0.112. The van der Waals surface area contributed by atoms with Gasteiger partial charge in [-0.3, -0.25) is 9.69 Å². The van der Waals surface area contributed by atoms with E-state index in [2.05, 4.69) is 14.9 Å². The number of aryl methyl sites for hydroxylation is 2. The summed E-state index contributed by atoms with van der Waals surface area (Å²) in [6.07, 6.45) is 2.67. The summed E-state index contributed by atoms with van der Waals surface area (Å²) >= 11 is 1.49. The summed E-state index contributed by atoms with van der Waals surface area (Å²) in [4.78, 5) is 26.3. The fourth-order valence-corrected chi connectivity index (χ4v) is 3.92. The third kappa shape index (κ3) is 3.73. The van der Waals surface area contributed by atoms with E-state index in [1.165, 1.54) is 11.3 Å². The summed E-state index contributed by atoms with van der Waals surface area (Å²) < 4.78 is 0. The van der Waals surface area contributed by atoms with Gasteiger partial charge in [0, 0.05) is 44.5 Å². The molecule has 1 aliphatic heterocycles. The molecule has 3 heterocycles. The fourth-order valence-electron chi connectivity index (χ4n) is 3.03. The van der Waals surface area contributed by atoms with Gasteiger partial charge in [0.2, 0.25) is 0 Å². The van der Waals surface area contributed by atoms with Crippen LogP contribution in [-0.4, -0.2) is 51.9 Å². The van der Waals surface area contributed by atoms with Crippen LogP contribution in [0.4, 0.5) is 5.82 Å². The first kappa shape index (κ1) is 16.9. The molecule has 2 N–H and O–H groups in total. The molecule has 2 aromatic rings. The number of amides is 1. The average molecular weight is 345 g/mol. The Kier molecular flexibility index (Phi) is 5.11. The van der Waals surface area contributed by atoms with Gasteiger partial charge in [0.05, 0.1) is 10.7 Å². The van der Waals surface area contributed by atoms with E-state index in [4.69, 9.17) is 5.73 Å². The summed E-state index contributed by atoms with van der Waals surface area (Å²) in [5.74, 6) is 0.700. The van der Waals surface area contributed by atoms with E-state index in [1.54, 1.807) is 6.20 Å². The molecule has 0 radical (unpaired) electrons. The Hall–Kier alpha value is -1.99. The van der Waals surface area contributed by atoms with E-state index in [1.807, 2.05) is 30.9 Å². The van der Waals surface area contributed by atoms with Crippen LogP contribution >= 0.6 is 11.3 Å². The van der Waals surface area contributed by atoms with Crippen molar-refractivity contribution >= 4 is 23.1 Å². The zero-order chi connectivity index (χ0) is 17.1. The first-order chi connectivity index (χ1) is 11.5. The number of hydrogen-bond donors (Lipinski definition) is 1. The Labute approximate surface area is 146 Å². The number of anilines is 1. The van der Waals surface area contributed by atoms with Gasteiger partial charge in [0.25, 0.3) is 5.91 Å². The van der Waals surface area contributed by atoms with Crippen LogP contribution < -0.4 is 5.73 Å². The maximum absolute atomic E-state index is 12.8. The molecule has 0 atom stereocenters. The number of thiazole rings is 1. The molecule has 0 aromatic carbocycles. The van der Waals surface area contributed by atoms with Gasteiger partial charge >= 0.3 is 0 Å². The second-order valence-electron chi connectivity index (χ2n) is 6.12. The second-order valence-corrected chi connectivity index (χ2v) is 7.32. The predicted molar refractivity (Wildman–Crippen MR) is 96.0 cm³/mol. The van der Waals surface area contributed by atoms with E-state index in [9.17, 15) is 4.79 Å². The van der Waals surface area contributed by atoms with Crippen LogP contribution in [0.1, 0.15) is 32.4 Å². The first-order valence-electron chi connectivity index (χ1n) is 8.19. The number of pyridine rings is 1. The zero-order valence-electron chi connectivity index (χ0n) is 14.2. The number of nitrogen functional groups attached to an aromatic ring is 1. The maximum Gasteiger partial charge on any atom is 0.265 e. The lowest BCUT2D eigenvalue weighted by Crippen LogP contribution is -2.35. The summed E-state index contributed by atoms with van der Waals surface area (Å²) in [7, 11) is 0. The molecule has 1 saturated heterocycles. The first-order valence-corrected chi connectivity index (χ1v) is 9.01. The second kappa shape index (κ2) is 7.27. The van der Waals surface area contributed by atoms with Crippen LogP contribution in [0.25, 0.3) is 0 Å². The molecule has 7 heteroatoms. The van der Waals surface area contributed by atoms with Gasteiger partial charge in [0.15, 0.2) is 0 Å². The van der Waals surface area contributed by atoms with Gasteiger partial charge in [-0.15, -0.1) is 11.3 Å². The summed E-state index contributed by atoms with van der Waals surface area (Å²) in [6, 6.07) is 3.92. The summed E-state index contributed by atoms with van der Waals surface area (Å²) in [6.45, 7) is 7.95. The monoisotopic (exact) mass is 345 g/mol. The van der Waals surface area contributed by atoms with Gasteiger partial charge in [-0.05, 0) is 26.3 Å². The molecule has 1 aliphatic rings. The zero-order valence-corrected chi connectivity index (χ0v) is 15.0. The van der Waals surface area contributed by atoms with E-state index < -0.39 is 0 Å². The topological polar surface area (TPSA) is 75.4 Å². The average Bonchev–Trinajstić information content (AvgIpc) is 2.75. The van der Waals surface area contributed by atoms with E-state index in [0.717, 1.165) is 60.3 Å². The lowest BCUT2D eigenvalue weighted by atomic mass is 10.2. The molecule has 2 aromatic heterocycles. The number of carbonyl (C=O) groups excluding carboxylic acids is 1. The van der Waals surface area contributed by atoms with Crippen molar-refractivity contribution in [3.63, 3.8) is 0 Å². The number of carbonyl (C=O) groups is 1. The van der Waals surface area contributed by atoms with Gasteiger partial charge < -0.3 is 10.6 Å². The molecule has 0 saturated carbocycles. The Morgan fingerprint density at radius 1 is 1.29 bits per heavy atom. The highest BCUT2D eigenvalue weighted by Gasteiger charge is 2.23. The van der Waals surface area contributed by atoms with Crippen molar-refractivity contribution < 1.29 is 4.79 Å². The summed E-state index contributed by atoms with van der Waals surface area (Å²) in [5, 5.41) is 0.944. The van der Waals surface area contributed by atoms with E-state index in [0.29, 0.717) is 5.82 Å². The molecule has 0 aliphatic carbocycles. The lowest BCUT2D eigenvalue weighted by molar-refractivity contribution is 0.0765. The lowest BCUT2D eigenvalue weighted by Gasteiger charge is -2.22. The van der Waals surface area contributed by atoms with E-state index >= 15 is 0 Å². The van der Waals surface area contributed by atoms with Crippen molar-refractivity contribution in [3.05, 3.63) is 39.5 Å². The number of rotatable bonds is 3. The Bertz CT molecular complexity index is 730. The van der Waals surface area contributed by atoms with Crippen LogP contribution in [0.3, 0.4) is 0 Å². The molecule has 0 spiro atoms. The molecule has 0 unspecified atom stereocenters. The molecule has 1 fully saturated rings. The molecule has 0 bridgehead atoms. The van der Waals surface area contributed by atoms with Gasteiger partial charge in [-0.2, -0.15) is 0 Å². The molecule has 6 nitrogen and oxygen atoms in total. The SMILES string of the molecule is Cc1nc(C)c(C(=O)N2CCCN(Cc3cccnc3N)CC2)s1. The van der Waals surface area contributed by atoms with Crippen molar-refractivity contribution in [3.8, 4) is 0 Å². The minimum Gasteiger partial charge on any atom is -0.383 e. The maximum atomic E-state index is 12.8. The van der Waals surface area contributed by atoms with Crippen molar-refractivity contribution in [2.75, 3.05) is 31.9 Å². The van der Waals surface area contributed by atoms with Crippen LogP contribution in [0.5, 0.6) is 0 Å². The number of nitrogens with zero attached hydrogens (tertiary/aromatic N) is 4. The highest BCUT2D eigenvalue weighted by atomic mass is 32.1. The number of nitrogens with two attached hydrogens (primary N) is 1. The van der Waals surface area contributed by atoms with Crippen LogP contribution in [0.15, 0.2) is 18.3 Å². The molecule has 24 heavy (non-hydrogen) atoms. The molecule has 1 amide bonds. The van der Waals surface area contributed by atoms with Gasteiger partial charge in [0.1, 0.15) is 10.7 Å². The van der Waals surface area contributed by atoms with Gasteiger partial charge in [-0.1, -0.05) is 6.07 Å². The minimum absolute atomic E-state index is 0.112. The van der Waals surface area contributed by atoms with E-state index in [-0.39, 0.29) is 5.91 Å². The molecular formula is C17H23N5OS. The molecule has 3 rings (SSSR count). The van der Waals surface area contributed by atoms with Crippen LogP contribution in [-0.2, 0) is 6.54 Å².